The van der Waals surface area contributed by atoms with Gasteiger partial charge in [0.15, 0.2) is 0 Å². The van der Waals surface area contributed by atoms with Gasteiger partial charge in [-0.3, -0.25) is 4.90 Å². The van der Waals surface area contributed by atoms with Crippen LogP contribution in [-0.4, -0.2) is 29.2 Å². The van der Waals surface area contributed by atoms with E-state index in [-0.39, 0.29) is 5.75 Å². The van der Waals surface area contributed by atoms with Gasteiger partial charge in [-0.2, -0.15) is 0 Å². The van der Waals surface area contributed by atoms with Gasteiger partial charge in [0.25, 0.3) is 0 Å². The minimum atomic E-state index is -4.63. The lowest BCUT2D eigenvalue weighted by Crippen LogP contribution is -2.20. The fourth-order valence-electron chi connectivity index (χ4n) is 1.98. The van der Waals surface area contributed by atoms with Crippen LogP contribution in [0.1, 0.15) is 12.0 Å². The van der Waals surface area contributed by atoms with Gasteiger partial charge in [0, 0.05) is 17.9 Å². The highest BCUT2D eigenvalue weighted by Crippen LogP contribution is 2.24. The van der Waals surface area contributed by atoms with Crippen LogP contribution >= 0.6 is 15.9 Å². The minimum absolute atomic E-state index is 0.175. The highest BCUT2D eigenvalue weighted by molar-refractivity contribution is 9.09. The van der Waals surface area contributed by atoms with E-state index >= 15 is 0 Å². The summed E-state index contributed by atoms with van der Waals surface area (Å²) in [6.45, 7) is 2.74. The molecule has 0 radical (unpaired) electrons. The Balaban J connectivity index is 1.91. The first-order valence-corrected chi connectivity index (χ1v) is 6.55. The predicted octanol–water partition coefficient (Wildman–Crippen LogP) is 3.55. The second-order valence-electron chi connectivity index (χ2n) is 4.31. The normalized spacial score (nSPS) is 21.2. The molecule has 100 valence electrons. The predicted molar refractivity (Wildman–Crippen MR) is 65.7 cm³/mol. The Labute approximate surface area is 112 Å². The van der Waals surface area contributed by atoms with Crippen LogP contribution in [0.5, 0.6) is 5.75 Å². The summed E-state index contributed by atoms with van der Waals surface area (Å²) in [6.07, 6.45) is -3.52. The van der Waals surface area contributed by atoms with Crippen molar-refractivity contribution in [2.75, 3.05) is 13.1 Å². The van der Waals surface area contributed by atoms with Crippen LogP contribution in [0, 0.1) is 0 Å². The molecule has 18 heavy (non-hydrogen) atoms. The lowest BCUT2D eigenvalue weighted by molar-refractivity contribution is -0.274. The van der Waals surface area contributed by atoms with Crippen LogP contribution in [0.25, 0.3) is 0 Å². The van der Waals surface area contributed by atoms with E-state index in [4.69, 9.17) is 0 Å². The largest absolute Gasteiger partial charge is 0.573 e. The van der Waals surface area contributed by atoms with Crippen molar-refractivity contribution in [1.82, 2.24) is 4.90 Å². The first kappa shape index (κ1) is 13.7. The third-order valence-corrected chi connectivity index (χ3v) is 3.53. The van der Waals surface area contributed by atoms with Crippen LogP contribution in [0.15, 0.2) is 24.3 Å². The summed E-state index contributed by atoms with van der Waals surface area (Å²) in [5.41, 5.74) is 0.992. The monoisotopic (exact) mass is 323 g/mol. The Morgan fingerprint density at radius 1 is 1.28 bits per heavy atom. The van der Waals surface area contributed by atoms with Gasteiger partial charge in [-0.25, -0.2) is 0 Å². The van der Waals surface area contributed by atoms with Crippen LogP contribution in [0.4, 0.5) is 13.2 Å². The summed E-state index contributed by atoms with van der Waals surface area (Å²) in [5, 5.41) is 0. The van der Waals surface area contributed by atoms with Crippen molar-refractivity contribution in [1.29, 1.82) is 0 Å². The second-order valence-corrected chi connectivity index (χ2v) is 5.61. The number of nitrogens with zero attached hydrogens (tertiary/aromatic N) is 1. The molecule has 0 N–H and O–H groups in total. The van der Waals surface area contributed by atoms with Gasteiger partial charge in [-0.15, -0.1) is 13.2 Å². The molecule has 2 rings (SSSR count). The molecule has 0 saturated carbocycles. The fourth-order valence-corrected chi connectivity index (χ4v) is 2.60. The first-order valence-electron chi connectivity index (χ1n) is 5.63. The van der Waals surface area contributed by atoms with Gasteiger partial charge in [0.2, 0.25) is 0 Å². The Kier molecular flexibility index (Phi) is 4.17. The Hall–Kier alpha value is -0.750. The van der Waals surface area contributed by atoms with E-state index in [0.717, 1.165) is 31.6 Å². The van der Waals surface area contributed by atoms with E-state index < -0.39 is 6.36 Å². The molecule has 0 aliphatic carbocycles. The average Bonchev–Trinajstić information content (AvgIpc) is 2.65. The van der Waals surface area contributed by atoms with Crippen molar-refractivity contribution in [3.63, 3.8) is 0 Å². The maximum Gasteiger partial charge on any atom is 0.573 e. The molecule has 1 aromatic rings. The zero-order chi connectivity index (χ0) is 13.2. The van der Waals surface area contributed by atoms with Gasteiger partial charge in [0.05, 0.1) is 0 Å². The molecule has 1 saturated heterocycles. The highest BCUT2D eigenvalue weighted by atomic mass is 79.9. The van der Waals surface area contributed by atoms with Crippen molar-refractivity contribution >= 4 is 15.9 Å². The van der Waals surface area contributed by atoms with Crippen LogP contribution in [-0.2, 0) is 6.54 Å². The molecule has 6 heteroatoms. The van der Waals surface area contributed by atoms with Gasteiger partial charge in [-0.1, -0.05) is 28.1 Å². The molecule has 0 bridgehead atoms. The van der Waals surface area contributed by atoms with E-state index in [1.807, 2.05) is 0 Å². The van der Waals surface area contributed by atoms with E-state index in [0.29, 0.717) is 4.83 Å². The zero-order valence-corrected chi connectivity index (χ0v) is 11.2. The lowest BCUT2D eigenvalue weighted by atomic mass is 10.2. The van der Waals surface area contributed by atoms with Crippen molar-refractivity contribution in [2.24, 2.45) is 0 Å². The number of benzene rings is 1. The van der Waals surface area contributed by atoms with E-state index in [2.05, 4.69) is 25.6 Å². The number of rotatable bonds is 3. The molecule has 0 spiro atoms. The topological polar surface area (TPSA) is 12.5 Å². The third kappa shape index (κ3) is 4.17. The number of halogens is 4. The number of hydrogen-bond acceptors (Lipinski definition) is 2. The Morgan fingerprint density at radius 2 is 1.94 bits per heavy atom. The molecule has 0 aromatic heterocycles. The van der Waals surface area contributed by atoms with Crippen molar-refractivity contribution in [3.8, 4) is 5.75 Å². The summed E-state index contributed by atoms with van der Waals surface area (Å²) in [7, 11) is 0. The minimum Gasteiger partial charge on any atom is -0.406 e. The van der Waals surface area contributed by atoms with E-state index in [1.165, 1.54) is 12.1 Å². The van der Waals surface area contributed by atoms with Crippen molar-refractivity contribution in [2.45, 2.75) is 24.2 Å². The molecule has 1 aliphatic rings. The molecule has 1 atom stereocenters. The molecular formula is C12H13BrF3NO. The molecule has 1 fully saturated rings. The molecule has 0 amide bonds. The summed E-state index contributed by atoms with van der Waals surface area (Å²) in [4.78, 5) is 2.78. The van der Waals surface area contributed by atoms with Gasteiger partial charge < -0.3 is 4.74 Å². The SMILES string of the molecule is FC(F)(F)Oc1ccc(CN2CCC(Br)C2)cc1. The van der Waals surface area contributed by atoms with Gasteiger partial charge >= 0.3 is 6.36 Å². The van der Waals surface area contributed by atoms with Crippen molar-refractivity contribution < 1.29 is 17.9 Å². The molecule has 1 aromatic carbocycles. The Bertz CT molecular complexity index is 393. The third-order valence-electron chi connectivity index (χ3n) is 2.78. The molecule has 1 unspecified atom stereocenters. The quantitative estimate of drug-likeness (QED) is 0.789. The van der Waals surface area contributed by atoms with Crippen LogP contribution in [0.3, 0.4) is 0 Å². The molecule has 2 nitrogen and oxygen atoms in total. The Morgan fingerprint density at radius 3 is 2.44 bits per heavy atom. The summed E-state index contributed by atoms with van der Waals surface area (Å²) in [5.74, 6) is -0.175. The van der Waals surface area contributed by atoms with Crippen LogP contribution in [0.2, 0.25) is 0 Å². The van der Waals surface area contributed by atoms with Gasteiger partial charge in [0.1, 0.15) is 5.75 Å². The molecular weight excluding hydrogens is 311 g/mol. The van der Waals surface area contributed by atoms with E-state index in [9.17, 15) is 13.2 Å². The van der Waals surface area contributed by atoms with Gasteiger partial charge in [-0.05, 0) is 30.7 Å². The van der Waals surface area contributed by atoms with Crippen LogP contribution < -0.4 is 4.74 Å². The summed E-state index contributed by atoms with van der Waals surface area (Å²) >= 11 is 3.55. The number of alkyl halides is 4. The maximum absolute atomic E-state index is 12.0. The maximum atomic E-state index is 12.0. The molecule has 1 aliphatic heterocycles. The smallest absolute Gasteiger partial charge is 0.406 e. The van der Waals surface area contributed by atoms with E-state index in [1.54, 1.807) is 12.1 Å². The van der Waals surface area contributed by atoms with Crippen molar-refractivity contribution in [3.05, 3.63) is 29.8 Å². The zero-order valence-electron chi connectivity index (χ0n) is 9.58. The number of hydrogen-bond donors (Lipinski definition) is 0. The highest BCUT2D eigenvalue weighted by Gasteiger charge is 2.31. The average molecular weight is 324 g/mol. The molecule has 1 heterocycles. The number of likely N-dealkylation sites (tertiary alicyclic amines) is 1. The lowest BCUT2D eigenvalue weighted by Gasteiger charge is -2.15. The summed E-state index contributed by atoms with van der Waals surface area (Å²) < 4.78 is 39.8. The standard InChI is InChI=1S/C12H13BrF3NO/c13-10-5-6-17(8-10)7-9-1-3-11(4-2-9)18-12(14,15)16/h1-4,10H,5-8H2. The fraction of sp³-hybridized carbons (Fsp3) is 0.500. The first-order chi connectivity index (χ1) is 8.42. The summed E-state index contributed by atoms with van der Waals surface area (Å²) in [6, 6.07) is 6.04. The number of ether oxygens (including phenoxy) is 1. The second kappa shape index (κ2) is 5.48.